The molecule has 28 heavy (non-hydrogen) atoms. The van der Waals surface area contributed by atoms with Crippen LogP contribution in [-0.2, 0) is 0 Å². The fraction of sp³-hybridized carbons (Fsp3) is 0.0526. The molecule has 7 nitrogen and oxygen atoms in total. The molecule has 0 aliphatic rings. The number of aromatic nitrogens is 1. The molecule has 1 aromatic heterocycles. The molecular weight excluding hydrogens is 387 g/mol. The van der Waals surface area contributed by atoms with Gasteiger partial charge in [0.05, 0.1) is 27.3 Å². The zero-order valence-corrected chi connectivity index (χ0v) is 15.0. The predicted octanol–water partition coefficient (Wildman–Crippen LogP) is 5.12. The van der Waals surface area contributed by atoms with Gasteiger partial charge in [-0.2, -0.15) is 5.26 Å². The number of anilines is 2. The van der Waals surface area contributed by atoms with Gasteiger partial charge in [0.15, 0.2) is 5.75 Å². The molecule has 0 unspecified atom stereocenters. The van der Waals surface area contributed by atoms with Gasteiger partial charge in [0.25, 0.3) is 5.69 Å². The summed E-state index contributed by atoms with van der Waals surface area (Å²) in [5, 5.41) is 24.0. The number of nitro benzene ring substituents is 1. The van der Waals surface area contributed by atoms with Crippen LogP contribution in [0.15, 0.2) is 49.2 Å². The molecule has 0 atom stereocenters. The summed E-state index contributed by atoms with van der Waals surface area (Å²) in [5.74, 6) is -0.420. The standard InChI is InChI=1S/C19H12ClFN4O3/c1-2-5-28-17-8-13(25(26)27)7-14-18(11(9-22)10-23-19(14)17)24-12-3-4-16(21)15(20)6-12/h2-4,6-8,10H,1,5H2,(H,23,24). The van der Waals surface area contributed by atoms with E-state index >= 15 is 0 Å². The quantitative estimate of drug-likeness (QED) is 0.351. The highest BCUT2D eigenvalue weighted by Crippen LogP contribution is 2.37. The highest BCUT2D eigenvalue weighted by molar-refractivity contribution is 6.31. The number of nitrogens with zero attached hydrogens (tertiary/aromatic N) is 3. The van der Waals surface area contributed by atoms with E-state index in [1.165, 1.54) is 42.6 Å². The topological polar surface area (TPSA) is 101 Å². The van der Waals surface area contributed by atoms with Gasteiger partial charge in [0.1, 0.15) is 24.0 Å². The molecule has 9 heteroatoms. The molecule has 3 aromatic rings. The van der Waals surface area contributed by atoms with E-state index in [1.54, 1.807) is 0 Å². The number of hydrogen-bond acceptors (Lipinski definition) is 6. The van der Waals surface area contributed by atoms with Crippen LogP contribution in [0, 0.1) is 27.3 Å². The van der Waals surface area contributed by atoms with Crippen molar-refractivity contribution in [3.8, 4) is 11.8 Å². The Morgan fingerprint density at radius 1 is 1.43 bits per heavy atom. The monoisotopic (exact) mass is 398 g/mol. The van der Waals surface area contributed by atoms with E-state index < -0.39 is 10.7 Å². The van der Waals surface area contributed by atoms with Crippen LogP contribution in [0.4, 0.5) is 21.5 Å². The fourth-order valence-electron chi connectivity index (χ4n) is 2.56. The molecule has 0 amide bonds. The van der Waals surface area contributed by atoms with Crippen LogP contribution in [0.2, 0.25) is 5.02 Å². The lowest BCUT2D eigenvalue weighted by Gasteiger charge is -2.14. The Balaban J connectivity index is 2.25. The molecule has 0 fully saturated rings. The largest absolute Gasteiger partial charge is 0.487 e. The lowest BCUT2D eigenvalue weighted by Crippen LogP contribution is -2.01. The van der Waals surface area contributed by atoms with Crippen LogP contribution < -0.4 is 10.1 Å². The smallest absolute Gasteiger partial charge is 0.273 e. The summed E-state index contributed by atoms with van der Waals surface area (Å²) in [5.41, 5.74) is 0.895. The van der Waals surface area contributed by atoms with E-state index in [2.05, 4.69) is 16.9 Å². The van der Waals surface area contributed by atoms with Crippen molar-refractivity contribution in [2.45, 2.75) is 0 Å². The Hall–Kier alpha value is -3.70. The van der Waals surface area contributed by atoms with Crippen molar-refractivity contribution in [2.24, 2.45) is 0 Å². The maximum Gasteiger partial charge on any atom is 0.273 e. The Kier molecular flexibility index (Phi) is 5.38. The van der Waals surface area contributed by atoms with E-state index in [-0.39, 0.29) is 34.3 Å². The average Bonchev–Trinajstić information content (AvgIpc) is 2.68. The number of pyridine rings is 1. The van der Waals surface area contributed by atoms with E-state index in [4.69, 9.17) is 16.3 Å². The minimum absolute atomic E-state index is 0.108. The fourth-order valence-corrected chi connectivity index (χ4v) is 2.74. The van der Waals surface area contributed by atoms with Crippen LogP contribution in [0.3, 0.4) is 0 Å². The first-order chi connectivity index (χ1) is 13.4. The summed E-state index contributed by atoms with van der Waals surface area (Å²) in [6, 6.07) is 8.47. The second-order valence-corrected chi connectivity index (χ2v) is 6.02. The zero-order valence-electron chi connectivity index (χ0n) is 14.3. The second-order valence-electron chi connectivity index (χ2n) is 5.61. The van der Waals surface area contributed by atoms with Gasteiger partial charge >= 0.3 is 0 Å². The van der Waals surface area contributed by atoms with Gasteiger partial charge < -0.3 is 10.1 Å². The molecule has 0 aliphatic heterocycles. The summed E-state index contributed by atoms with van der Waals surface area (Å²) in [6.45, 7) is 3.67. The third-order valence-corrected chi connectivity index (χ3v) is 4.09. The number of halogens is 2. The Morgan fingerprint density at radius 3 is 2.86 bits per heavy atom. The van der Waals surface area contributed by atoms with Crippen molar-refractivity contribution in [1.82, 2.24) is 4.98 Å². The summed E-state index contributed by atoms with van der Waals surface area (Å²) >= 11 is 5.81. The van der Waals surface area contributed by atoms with Crippen LogP contribution in [0.5, 0.6) is 5.75 Å². The number of hydrogen-bond donors (Lipinski definition) is 1. The number of ether oxygens (including phenoxy) is 1. The molecule has 0 spiro atoms. The van der Waals surface area contributed by atoms with E-state index in [0.717, 1.165) is 0 Å². The molecule has 0 radical (unpaired) electrons. The SMILES string of the molecule is C=CCOc1cc([N+](=O)[O-])cc2c(Nc3ccc(F)c(Cl)c3)c(C#N)cnc12. The molecule has 3 rings (SSSR count). The predicted molar refractivity (Wildman–Crippen MR) is 103 cm³/mol. The van der Waals surface area contributed by atoms with Crippen molar-refractivity contribution < 1.29 is 14.1 Å². The van der Waals surface area contributed by atoms with Gasteiger partial charge in [-0.3, -0.25) is 15.1 Å². The number of non-ortho nitro benzene ring substituents is 1. The Bertz CT molecular complexity index is 1140. The van der Waals surface area contributed by atoms with Crippen LogP contribution in [0.25, 0.3) is 10.9 Å². The normalized spacial score (nSPS) is 10.3. The Morgan fingerprint density at radius 2 is 2.21 bits per heavy atom. The summed E-state index contributed by atoms with van der Waals surface area (Å²) in [4.78, 5) is 15.0. The summed E-state index contributed by atoms with van der Waals surface area (Å²) in [7, 11) is 0. The van der Waals surface area contributed by atoms with Gasteiger partial charge in [-0.1, -0.05) is 24.3 Å². The Labute approximate surface area is 163 Å². The maximum absolute atomic E-state index is 13.4. The van der Waals surface area contributed by atoms with Crippen molar-refractivity contribution in [3.05, 3.63) is 75.7 Å². The third kappa shape index (κ3) is 3.70. The minimum Gasteiger partial charge on any atom is -0.487 e. The molecule has 1 heterocycles. The summed E-state index contributed by atoms with van der Waals surface area (Å²) in [6.07, 6.45) is 2.82. The van der Waals surface area contributed by atoms with Gasteiger partial charge in [-0.25, -0.2) is 4.39 Å². The number of nitrogens with one attached hydrogen (secondary N) is 1. The highest BCUT2D eigenvalue weighted by Gasteiger charge is 2.19. The van der Waals surface area contributed by atoms with E-state index in [9.17, 15) is 19.8 Å². The van der Waals surface area contributed by atoms with Crippen LogP contribution >= 0.6 is 11.6 Å². The first-order valence-corrected chi connectivity index (χ1v) is 8.29. The van der Waals surface area contributed by atoms with Crippen molar-refractivity contribution >= 4 is 39.6 Å². The highest BCUT2D eigenvalue weighted by atomic mass is 35.5. The first-order valence-electron chi connectivity index (χ1n) is 7.91. The zero-order chi connectivity index (χ0) is 20.3. The van der Waals surface area contributed by atoms with Crippen molar-refractivity contribution in [3.63, 3.8) is 0 Å². The average molecular weight is 399 g/mol. The van der Waals surface area contributed by atoms with Crippen molar-refractivity contribution in [2.75, 3.05) is 11.9 Å². The molecule has 0 aliphatic carbocycles. The molecule has 140 valence electrons. The lowest BCUT2D eigenvalue weighted by atomic mass is 10.1. The molecule has 0 bridgehead atoms. The van der Waals surface area contributed by atoms with Crippen LogP contribution in [0.1, 0.15) is 5.56 Å². The number of benzene rings is 2. The molecule has 1 N–H and O–H groups in total. The van der Waals surface area contributed by atoms with Gasteiger partial charge in [0.2, 0.25) is 0 Å². The van der Waals surface area contributed by atoms with Gasteiger partial charge in [0, 0.05) is 23.3 Å². The summed E-state index contributed by atoms with van der Waals surface area (Å²) < 4.78 is 18.9. The minimum atomic E-state index is -0.594. The molecular formula is C19H12ClFN4O3. The van der Waals surface area contributed by atoms with Crippen LogP contribution in [-0.4, -0.2) is 16.5 Å². The van der Waals surface area contributed by atoms with E-state index in [0.29, 0.717) is 16.6 Å². The number of nitriles is 1. The van der Waals surface area contributed by atoms with E-state index in [1.807, 2.05) is 6.07 Å². The lowest BCUT2D eigenvalue weighted by molar-refractivity contribution is -0.384. The number of fused-ring (bicyclic) bond motifs is 1. The number of nitro groups is 1. The third-order valence-electron chi connectivity index (χ3n) is 3.80. The molecule has 2 aromatic carbocycles. The first kappa shape index (κ1) is 19.1. The van der Waals surface area contributed by atoms with Gasteiger partial charge in [-0.05, 0) is 18.2 Å². The second kappa shape index (κ2) is 7.90. The number of rotatable bonds is 6. The van der Waals surface area contributed by atoms with Gasteiger partial charge in [-0.15, -0.1) is 0 Å². The molecule has 0 saturated carbocycles. The molecule has 0 saturated heterocycles. The van der Waals surface area contributed by atoms with Crippen molar-refractivity contribution in [1.29, 1.82) is 5.26 Å². The maximum atomic E-state index is 13.4.